The molecule has 1 saturated heterocycles. The van der Waals surface area contributed by atoms with Crippen LogP contribution >= 0.6 is 0 Å². The van der Waals surface area contributed by atoms with Crippen LogP contribution in [0.15, 0.2) is 292 Å². The minimum absolute atomic E-state index is 0.198. The fraction of sp³-hybridized carbons (Fsp3) is 0.142. The molecule has 0 bridgehead atoms. The summed E-state index contributed by atoms with van der Waals surface area (Å²) in [6.07, 6.45) is 17.8. The molecule has 19 aromatic rings. The molecule has 672 valence electrons. The van der Waals surface area contributed by atoms with Gasteiger partial charge in [-0.05, 0) is 258 Å². The fourth-order valence-corrected chi connectivity index (χ4v) is 15.0. The number of H-pyrrole nitrogens is 1. The van der Waals surface area contributed by atoms with Crippen LogP contribution in [0.2, 0.25) is 0 Å². The quantitative estimate of drug-likeness (QED) is 0.0473. The highest BCUT2D eigenvalue weighted by Crippen LogP contribution is 2.39. The van der Waals surface area contributed by atoms with Crippen molar-refractivity contribution in [2.24, 2.45) is 21.1 Å². The number of nitrogens with zero attached hydrogens (tertiary/aromatic N) is 15. The number of nitrogens with one attached hydrogen (secondary N) is 5. The number of rotatable bonds is 20. The molecule has 1 aliphatic rings. The van der Waals surface area contributed by atoms with Crippen LogP contribution in [-0.2, 0) is 25.9 Å². The largest absolute Gasteiger partial charge is 0.437 e. The zero-order valence-electron chi connectivity index (χ0n) is 75.9. The van der Waals surface area contributed by atoms with Crippen molar-refractivity contribution in [3.63, 3.8) is 0 Å². The lowest BCUT2D eigenvalue weighted by atomic mass is 10.1. The van der Waals surface area contributed by atoms with Gasteiger partial charge < -0.3 is 68.5 Å². The molecule has 135 heavy (non-hydrogen) atoms. The van der Waals surface area contributed by atoms with Gasteiger partial charge in [-0.3, -0.25) is 34.1 Å². The first kappa shape index (κ1) is 89.5. The van der Waals surface area contributed by atoms with Gasteiger partial charge in [-0.1, -0.05) is 72.8 Å². The number of benzene rings is 8. The van der Waals surface area contributed by atoms with Gasteiger partial charge in [-0.2, -0.15) is 19.9 Å². The van der Waals surface area contributed by atoms with Crippen LogP contribution in [0.3, 0.4) is 0 Å². The van der Waals surface area contributed by atoms with Crippen LogP contribution in [0.4, 0.5) is 28.7 Å². The summed E-state index contributed by atoms with van der Waals surface area (Å²) >= 11 is 0. The van der Waals surface area contributed by atoms with Crippen LogP contribution in [-0.4, -0.2) is 123 Å². The lowest BCUT2D eigenvalue weighted by Crippen LogP contribution is -2.37. The number of aromatic nitrogens is 15. The van der Waals surface area contributed by atoms with Crippen molar-refractivity contribution in [3.8, 4) is 80.7 Å². The predicted molar refractivity (Wildman–Crippen MR) is 524 cm³/mol. The van der Waals surface area contributed by atoms with E-state index in [1.54, 1.807) is 91.9 Å². The third-order valence-corrected chi connectivity index (χ3v) is 22.2. The second kappa shape index (κ2) is 40.3. The number of carbonyl (C=O) groups is 4. The second-order valence-corrected chi connectivity index (χ2v) is 32.5. The number of anilines is 5. The number of aryl methyl sites for hydroxylation is 11. The molecule has 8 aromatic carbocycles. The molecule has 12 heterocycles. The van der Waals surface area contributed by atoms with Crippen LogP contribution in [0.5, 0.6) is 46.5 Å². The summed E-state index contributed by atoms with van der Waals surface area (Å²) in [5.74, 6) is 5.28. The fourth-order valence-electron chi connectivity index (χ4n) is 15.0. The predicted octanol–water partition coefficient (Wildman–Crippen LogP) is 21.5. The summed E-state index contributed by atoms with van der Waals surface area (Å²) in [4.78, 5) is 107. The average Bonchev–Trinajstić information content (AvgIpc) is 1.67. The van der Waals surface area contributed by atoms with Crippen molar-refractivity contribution in [2.45, 2.75) is 55.4 Å². The Balaban J connectivity index is 0.000000125. The lowest BCUT2D eigenvalue weighted by Gasteiger charge is -2.27. The molecule has 29 heteroatoms. The molecule has 29 nitrogen and oxygen atoms in total. The Morgan fingerprint density at radius 3 is 1.05 bits per heavy atom. The Kier molecular flexibility index (Phi) is 26.7. The van der Waals surface area contributed by atoms with E-state index in [1.165, 1.54) is 0 Å². The van der Waals surface area contributed by atoms with Crippen LogP contribution in [0.25, 0.3) is 78.3 Å². The van der Waals surface area contributed by atoms with E-state index < -0.39 is 0 Å². The smallest absolute Gasteiger partial charge is 0.255 e. The molecule has 0 saturated carbocycles. The molecular formula is C106H94N20O9. The third-order valence-electron chi connectivity index (χ3n) is 22.2. The summed E-state index contributed by atoms with van der Waals surface area (Å²) in [6, 6.07) is 71.2. The number of amides is 4. The number of hydrogen-bond acceptors (Lipinski definition) is 21. The van der Waals surface area contributed by atoms with Crippen LogP contribution in [0, 0.1) is 55.4 Å². The molecule has 20 rings (SSSR count). The summed E-state index contributed by atoms with van der Waals surface area (Å²) in [6.45, 7) is 18.4. The molecule has 1 aliphatic heterocycles. The van der Waals surface area contributed by atoms with E-state index in [0.717, 1.165) is 136 Å². The van der Waals surface area contributed by atoms with E-state index in [4.69, 9.17) is 43.6 Å². The molecule has 0 atom stereocenters. The van der Waals surface area contributed by atoms with Gasteiger partial charge in [-0.25, -0.2) is 19.9 Å². The van der Waals surface area contributed by atoms with Crippen molar-refractivity contribution < 1.29 is 42.9 Å². The number of hydrogen-bond donors (Lipinski definition) is 5. The standard InChI is InChI=1S/2C27H23N5O2.C26H27N5O3.C26H21N5O2/c1-17-6-4-8-21(14-17)29-26(33)19-10-9-18(2)23(15-19)34-27-24-22(11-13-32(24)3)30-25(31-27)20-7-5-12-28-16-20;1-17-5-4-6-21(15-17)29-26(33)20-8-7-18(2)23(16-20)34-27-24-22(11-14-32(24)3)30-25(31-27)19-9-12-28-13-10-19;1-17-5-4-6-20(15-17)27-24(32)19-8-7-18(2)22(16-19)34-25-23-21(9-10-30(23)3)28-26(29-25)31-11-13-33-14-12-31;1-16-4-3-5-20(14-16)29-25(32)19-7-6-17(2)22(15-19)33-26-23-21(10-13-28-23)30-24(31-26)18-8-11-27-12-9-18/h2*4-16H,1-3H3,(H,29,33);4-10,15-16H,11-14H2,1-3H3,(H,27,32);3-15,28H,1-2H3,(H,29,32). The van der Waals surface area contributed by atoms with E-state index in [9.17, 15) is 19.2 Å². The Morgan fingerprint density at radius 2 is 0.681 bits per heavy atom. The van der Waals surface area contributed by atoms with Gasteiger partial charge in [0, 0.05) is 158 Å². The summed E-state index contributed by atoms with van der Waals surface area (Å²) in [5.41, 5.74) is 21.4. The number of pyridine rings is 3. The van der Waals surface area contributed by atoms with Crippen molar-refractivity contribution in [1.29, 1.82) is 0 Å². The Labute approximate surface area is 777 Å². The van der Waals surface area contributed by atoms with Crippen molar-refractivity contribution in [2.75, 3.05) is 52.5 Å². The van der Waals surface area contributed by atoms with E-state index in [0.29, 0.717) is 111 Å². The van der Waals surface area contributed by atoms with Gasteiger partial charge in [0.25, 0.3) is 23.6 Å². The maximum atomic E-state index is 12.9. The van der Waals surface area contributed by atoms with Crippen molar-refractivity contribution in [1.82, 2.24) is 73.5 Å². The highest BCUT2D eigenvalue weighted by Gasteiger charge is 2.25. The van der Waals surface area contributed by atoms with E-state index in [1.807, 2.05) is 291 Å². The number of aromatic amines is 1. The van der Waals surface area contributed by atoms with Gasteiger partial charge in [0.05, 0.1) is 35.3 Å². The highest BCUT2D eigenvalue weighted by molar-refractivity contribution is 6.07. The molecule has 0 unspecified atom stereocenters. The molecule has 4 amide bonds. The summed E-state index contributed by atoms with van der Waals surface area (Å²) in [7, 11) is 5.77. The van der Waals surface area contributed by atoms with Gasteiger partial charge >= 0.3 is 0 Å². The molecule has 0 spiro atoms. The minimum atomic E-state index is -0.212. The first-order valence-corrected chi connectivity index (χ1v) is 43.5. The SMILES string of the molecule is Cc1cccc(NC(=O)c2ccc(C)c(Oc3nc(-c4cccnc4)nc4ccn(C)c34)c2)c1.Cc1cccc(NC(=O)c2ccc(C)c(Oc3nc(-c4ccncc4)nc4cc[nH]c34)c2)c1.Cc1cccc(NC(=O)c2ccc(C)c(Oc3nc(-c4ccncc4)nc4ccn(C)c34)c2)c1.Cc1cccc(NC(=O)c2ccc(C)c(Oc3nc(N4CCOCC4)nc4ccn(C)c34)c2)c1. The Bertz CT molecular complexity index is 7390. The zero-order chi connectivity index (χ0) is 93.8. The van der Waals surface area contributed by atoms with Crippen molar-refractivity contribution in [3.05, 3.63) is 359 Å². The number of carbonyl (C=O) groups excluding carboxylic acids is 4. The maximum absolute atomic E-state index is 12.9. The zero-order valence-corrected chi connectivity index (χ0v) is 75.9. The maximum Gasteiger partial charge on any atom is 0.255 e. The Morgan fingerprint density at radius 1 is 0.333 bits per heavy atom. The van der Waals surface area contributed by atoms with E-state index in [2.05, 4.69) is 66.0 Å². The summed E-state index contributed by atoms with van der Waals surface area (Å²) < 4.78 is 36.4. The van der Waals surface area contributed by atoms with Crippen molar-refractivity contribution >= 4 is 96.5 Å². The first-order chi connectivity index (χ1) is 65.5. The number of fused-ring (bicyclic) bond motifs is 4. The minimum Gasteiger partial charge on any atom is -0.437 e. The molecule has 0 radical (unpaired) electrons. The van der Waals surface area contributed by atoms with Gasteiger partial charge in [-0.15, -0.1) is 0 Å². The van der Waals surface area contributed by atoms with E-state index >= 15 is 0 Å². The second-order valence-electron chi connectivity index (χ2n) is 32.5. The number of ether oxygens (including phenoxy) is 5. The normalized spacial score (nSPS) is 11.6. The van der Waals surface area contributed by atoms with Gasteiger partial charge in [0.1, 0.15) is 45.1 Å². The summed E-state index contributed by atoms with van der Waals surface area (Å²) in [5, 5.41) is 11.8. The van der Waals surface area contributed by atoms with Gasteiger partial charge in [0.15, 0.2) is 17.5 Å². The highest BCUT2D eigenvalue weighted by atomic mass is 16.5. The topological polar surface area (TPSA) is 338 Å². The van der Waals surface area contributed by atoms with Crippen LogP contribution in [0.1, 0.15) is 85.9 Å². The lowest BCUT2D eigenvalue weighted by molar-refractivity contribution is 0.101. The average molecular weight is 1790 g/mol. The third kappa shape index (κ3) is 21.4. The Hall–Kier alpha value is -17.5. The number of morpholine rings is 1. The molecular weight excluding hydrogens is 1700 g/mol. The molecule has 5 N–H and O–H groups in total. The monoisotopic (exact) mass is 1790 g/mol. The molecule has 11 aromatic heterocycles. The first-order valence-electron chi connectivity index (χ1n) is 43.5. The van der Waals surface area contributed by atoms with Gasteiger partial charge in [0.2, 0.25) is 29.5 Å². The molecule has 0 aliphatic carbocycles. The van der Waals surface area contributed by atoms with E-state index in [-0.39, 0.29) is 23.6 Å². The van der Waals surface area contributed by atoms with Crippen LogP contribution < -0.4 is 45.1 Å². The molecule has 1 fully saturated rings.